The van der Waals surface area contributed by atoms with E-state index in [0.29, 0.717) is 11.3 Å². The van der Waals surface area contributed by atoms with Gasteiger partial charge >= 0.3 is 6.36 Å². The Hall–Kier alpha value is -4.32. The first-order valence-corrected chi connectivity index (χ1v) is 12.7. The third-order valence-corrected chi connectivity index (χ3v) is 6.45. The molecular formula is C27H25F3N6O2S. The second kappa shape index (κ2) is 12.5. The number of benzene rings is 3. The van der Waals surface area contributed by atoms with Gasteiger partial charge in [-0.3, -0.25) is 0 Å². The number of hydrogen-bond acceptors (Lipinski definition) is 6. The molecule has 1 aliphatic heterocycles. The van der Waals surface area contributed by atoms with Gasteiger partial charge in [0.05, 0.1) is 19.0 Å². The second-order valence-electron chi connectivity index (χ2n) is 8.20. The number of alkyl halides is 3. The SMILES string of the molecule is COc1ccc(N2CCS/C2=N\N=C\c2ccc(C(N)=NC=Nc3ccc(OC(F)(F)F)cc3)cc2)c(C)c1. The van der Waals surface area contributed by atoms with Crippen molar-refractivity contribution in [1.29, 1.82) is 0 Å². The Balaban J connectivity index is 1.36. The van der Waals surface area contributed by atoms with Gasteiger partial charge in [0, 0.05) is 23.5 Å². The lowest BCUT2D eigenvalue weighted by Gasteiger charge is -2.20. The molecule has 0 radical (unpaired) electrons. The van der Waals surface area contributed by atoms with Gasteiger partial charge in [0.25, 0.3) is 0 Å². The Bertz CT molecular complexity index is 1400. The van der Waals surface area contributed by atoms with Crippen LogP contribution in [0.25, 0.3) is 0 Å². The van der Waals surface area contributed by atoms with Crippen molar-refractivity contribution in [2.75, 3.05) is 24.3 Å². The molecule has 0 bridgehead atoms. The molecule has 2 N–H and O–H groups in total. The minimum atomic E-state index is -4.74. The number of nitrogens with zero attached hydrogens (tertiary/aromatic N) is 5. The summed E-state index contributed by atoms with van der Waals surface area (Å²) in [5.74, 6) is 1.64. The third kappa shape index (κ3) is 7.84. The summed E-state index contributed by atoms with van der Waals surface area (Å²) in [6, 6.07) is 18.3. The summed E-state index contributed by atoms with van der Waals surface area (Å²) in [7, 11) is 1.65. The molecule has 1 heterocycles. The van der Waals surface area contributed by atoms with Crippen LogP contribution in [0.15, 0.2) is 86.9 Å². The van der Waals surface area contributed by atoms with Crippen LogP contribution in [0, 0.1) is 6.92 Å². The minimum Gasteiger partial charge on any atom is -0.497 e. The minimum absolute atomic E-state index is 0.229. The van der Waals surface area contributed by atoms with Crippen molar-refractivity contribution in [1.82, 2.24) is 0 Å². The summed E-state index contributed by atoms with van der Waals surface area (Å²) in [5, 5.41) is 9.52. The predicted octanol–water partition coefficient (Wildman–Crippen LogP) is 5.91. The van der Waals surface area contributed by atoms with Gasteiger partial charge < -0.3 is 20.1 Å². The normalized spacial score (nSPS) is 15.6. The first-order chi connectivity index (χ1) is 18.7. The maximum Gasteiger partial charge on any atom is 0.573 e. The number of methoxy groups -OCH3 is 1. The molecule has 0 amide bonds. The van der Waals surface area contributed by atoms with Gasteiger partial charge in [-0.1, -0.05) is 36.0 Å². The number of halogens is 3. The molecule has 3 aromatic rings. The van der Waals surface area contributed by atoms with Crippen molar-refractivity contribution in [2.45, 2.75) is 13.3 Å². The molecule has 8 nitrogen and oxygen atoms in total. The number of anilines is 1. The number of rotatable bonds is 8. The smallest absolute Gasteiger partial charge is 0.497 e. The highest BCUT2D eigenvalue weighted by Crippen LogP contribution is 2.30. The Kier molecular flexibility index (Phi) is 8.87. The van der Waals surface area contributed by atoms with Crippen molar-refractivity contribution < 1.29 is 22.6 Å². The first kappa shape index (κ1) is 27.7. The number of thioether (sulfide) groups is 1. The van der Waals surface area contributed by atoms with Crippen molar-refractivity contribution in [3.05, 3.63) is 83.4 Å². The molecular weight excluding hydrogens is 529 g/mol. The predicted molar refractivity (Wildman–Crippen MR) is 151 cm³/mol. The van der Waals surface area contributed by atoms with Gasteiger partial charge in [-0.25, -0.2) is 9.98 Å². The van der Waals surface area contributed by atoms with Gasteiger partial charge in [-0.2, -0.15) is 5.10 Å². The molecule has 0 unspecified atom stereocenters. The topological polar surface area (TPSA) is 97.2 Å². The van der Waals surface area contributed by atoms with E-state index in [1.807, 2.05) is 37.3 Å². The number of aryl methyl sites for hydroxylation is 1. The molecule has 1 fully saturated rings. The van der Waals surface area contributed by atoms with E-state index in [9.17, 15) is 13.2 Å². The van der Waals surface area contributed by atoms with Gasteiger partial charge in [0.1, 0.15) is 23.7 Å². The number of hydrogen-bond donors (Lipinski definition) is 1. The van der Waals surface area contributed by atoms with Gasteiger partial charge in [-0.15, -0.1) is 18.3 Å². The third-order valence-electron chi connectivity index (χ3n) is 5.50. The summed E-state index contributed by atoms with van der Waals surface area (Å²) in [6.07, 6.45) is -1.85. The molecule has 39 heavy (non-hydrogen) atoms. The number of aliphatic imine (C=N–C) groups is 2. The van der Waals surface area contributed by atoms with E-state index in [0.717, 1.165) is 40.0 Å². The van der Waals surface area contributed by atoms with Crippen LogP contribution in [0.3, 0.4) is 0 Å². The van der Waals surface area contributed by atoms with Crippen molar-refractivity contribution in [3.63, 3.8) is 0 Å². The number of nitrogens with two attached hydrogens (primary N) is 1. The van der Waals surface area contributed by atoms with E-state index in [-0.39, 0.29) is 11.6 Å². The lowest BCUT2D eigenvalue weighted by molar-refractivity contribution is -0.274. The van der Waals surface area contributed by atoms with Crippen LogP contribution in [-0.2, 0) is 0 Å². The average Bonchev–Trinajstić information content (AvgIpc) is 3.37. The van der Waals surface area contributed by atoms with E-state index in [1.165, 1.54) is 30.6 Å². The molecule has 12 heteroatoms. The molecule has 1 aliphatic rings. The Labute approximate surface area is 227 Å². The van der Waals surface area contributed by atoms with Crippen LogP contribution >= 0.6 is 11.8 Å². The lowest BCUT2D eigenvalue weighted by atomic mass is 10.1. The zero-order valence-electron chi connectivity index (χ0n) is 21.1. The number of ether oxygens (including phenoxy) is 2. The molecule has 0 saturated carbocycles. The van der Waals surface area contributed by atoms with Crippen LogP contribution in [0.5, 0.6) is 11.5 Å². The zero-order valence-corrected chi connectivity index (χ0v) is 21.9. The van der Waals surface area contributed by atoms with Crippen molar-refractivity contribution in [3.8, 4) is 11.5 Å². The highest BCUT2D eigenvalue weighted by atomic mass is 32.2. The summed E-state index contributed by atoms with van der Waals surface area (Å²) < 4.78 is 45.9. The van der Waals surface area contributed by atoms with E-state index in [4.69, 9.17) is 10.5 Å². The van der Waals surface area contributed by atoms with Gasteiger partial charge in [0.2, 0.25) is 0 Å². The van der Waals surface area contributed by atoms with Crippen LogP contribution in [-0.4, -0.2) is 49.3 Å². The van der Waals surface area contributed by atoms with Gasteiger partial charge in [-0.05, 0) is 60.5 Å². The van der Waals surface area contributed by atoms with E-state index in [1.54, 1.807) is 37.2 Å². The molecule has 0 aromatic heterocycles. The fourth-order valence-corrected chi connectivity index (χ4v) is 4.52. The molecule has 4 rings (SSSR count). The molecule has 0 spiro atoms. The van der Waals surface area contributed by atoms with Crippen molar-refractivity contribution >= 4 is 46.7 Å². The summed E-state index contributed by atoms with van der Waals surface area (Å²) in [6.45, 7) is 2.89. The number of amidine groups is 2. The Morgan fingerprint density at radius 2 is 1.74 bits per heavy atom. The molecule has 1 saturated heterocycles. The van der Waals surface area contributed by atoms with Crippen LogP contribution < -0.4 is 20.1 Å². The average molecular weight is 555 g/mol. The van der Waals surface area contributed by atoms with Crippen LogP contribution in [0.1, 0.15) is 16.7 Å². The summed E-state index contributed by atoms with van der Waals surface area (Å²) in [5.41, 5.74) is 10.1. The maximum absolute atomic E-state index is 12.2. The van der Waals surface area contributed by atoms with Crippen molar-refractivity contribution in [2.24, 2.45) is 25.9 Å². The van der Waals surface area contributed by atoms with Gasteiger partial charge in [0.15, 0.2) is 5.17 Å². The zero-order chi connectivity index (χ0) is 27.8. The summed E-state index contributed by atoms with van der Waals surface area (Å²) >= 11 is 1.65. The standard InChI is InChI=1S/C27H25F3N6O2S/c1-18-15-23(37-2)11-12-24(18)36-13-14-39-26(36)35-34-16-19-3-5-20(6-4-19)25(31)33-17-32-21-7-9-22(10-8-21)38-27(28,29)30/h3-12,15-17H,13-14H2,1-2H3,(H2,31,32,33)/b34-16+,35-26-. The second-order valence-corrected chi connectivity index (χ2v) is 9.26. The fourth-order valence-electron chi connectivity index (χ4n) is 3.62. The largest absolute Gasteiger partial charge is 0.573 e. The van der Waals surface area contributed by atoms with E-state index in [2.05, 4.69) is 29.8 Å². The Morgan fingerprint density at radius 1 is 1.03 bits per heavy atom. The summed E-state index contributed by atoms with van der Waals surface area (Å²) in [4.78, 5) is 10.3. The Morgan fingerprint density at radius 3 is 2.41 bits per heavy atom. The lowest BCUT2D eigenvalue weighted by Crippen LogP contribution is -2.24. The van der Waals surface area contributed by atoms with Crippen LogP contribution in [0.4, 0.5) is 24.5 Å². The van der Waals surface area contributed by atoms with Crippen LogP contribution in [0.2, 0.25) is 0 Å². The molecule has 0 atom stereocenters. The maximum atomic E-state index is 12.2. The molecule has 0 aliphatic carbocycles. The first-order valence-electron chi connectivity index (χ1n) is 11.7. The fraction of sp³-hybridized carbons (Fsp3) is 0.185. The highest BCUT2D eigenvalue weighted by Gasteiger charge is 2.31. The monoisotopic (exact) mass is 554 g/mol. The van der Waals surface area contributed by atoms with E-state index < -0.39 is 6.36 Å². The quantitative estimate of drug-likeness (QED) is 0.212. The van der Waals surface area contributed by atoms with E-state index >= 15 is 0 Å². The molecule has 3 aromatic carbocycles. The highest BCUT2D eigenvalue weighted by molar-refractivity contribution is 8.14. The molecule has 202 valence electrons.